The first kappa shape index (κ1) is 29.1. The number of hydrogen-bond acceptors (Lipinski definition) is 4. The predicted molar refractivity (Wildman–Crippen MR) is 164 cm³/mol. The van der Waals surface area contributed by atoms with Crippen LogP contribution in [0.3, 0.4) is 0 Å². The lowest BCUT2D eigenvalue weighted by molar-refractivity contribution is -0.153. The largest absolute Gasteiger partial charge is 0.456 e. The van der Waals surface area contributed by atoms with E-state index in [1.807, 2.05) is 42.5 Å². The zero-order valence-electron chi connectivity index (χ0n) is 25.2. The molecule has 2 aromatic rings. The second-order valence-corrected chi connectivity index (χ2v) is 14.1. The number of Topliss-reactive ketones (excluding diaryl/α,β-unsaturated/α-hetero) is 1. The number of rotatable bonds is 11. The average Bonchev–Trinajstić information content (AvgIpc) is 3.00. The SMILES string of the molecule is CCCC1CCC(c2ccc(C(=O)COC(=O)[C@@H](Cc3ccccc3)NC(=O)C34CC5CC(CC(C5)C3)C4)cc2)CC1. The molecule has 1 atom stereocenters. The third kappa shape index (κ3) is 6.50. The van der Waals surface area contributed by atoms with Gasteiger partial charge < -0.3 is 10.1 Å². The molecule has 5 nitrogen and oxygen atoms in total. The molecular formula is C37H47NO4. The standard InChI is InChI=1S/C37H47NO4/c1-2-6-25-9-11-30(12-10-25)31-13-15-32(16-14-31)34(39)24-42-35(40)33(20-26-7-4-3-5-8-26)38-36(41)37-21-27-17-28(22-37)19-29(18-27)23-37/h3-5,7-8,13-16,25,27-30,33H,2,6,9-12,17-24H2,1H3,(H,38,41)/t25?,27?,28?,29?,30?,33-,37?/m1/s1. The van der Waals surface area contributed by atoms with Crippen LogP contribution in [0.1, 0.15) is 111 Å². The third-order valence-electron chi connectivity index (χ3n) is 11.0. The molecule has 0 spiro atoms. The second kappa shape index (κ2) is 12.7. The van der Waals surface area contributed by atoms with Gasteiger partial charge in [-0.15, -0.1) is 0 Å². The van der Waals surface area contributed by atoms with Gasteiger partial charge in [0.1, 0.15) is 6.04 Å². The van der Waals surface area contributed by atoms with Crippen molar-refractivity contribution in [3.63, 3.8) is 0 Å². The van der Waals surface area contributed by atoms with Crippen molar-refractivity contribution in [2.24, 2.45) is 29.1 Å². The van der Waals surface area contributed by atoms with Gasteiger partial charge in [-0.3, -0.25) is 9.59 Å². The molecule has 0 heterocycles. The molecule has 1 N–H and O–H groups in total. The van der Waals surface area contributed by atoms with Gasteiger partial charge in [0.05, 0.1) is 0 Å². The van der Waals surface area contributed by atoms with Crippen molar-refractivity contribution in [1.29, 1.82) is 0 Å². The van der Waals surface area contributed by atoms with Crippen molar-refractivity contribution in [3.8, 4) is 0 Å². The van der Waals surface area contributed by atoms with Crippen LogP contribution in [0.5, 0.6) is 0 Å². The quantitative estimate of drug-likeness (QED) is 0.226. The molecular weight excluding hydrogens is 522 g/mol. The van der Waals surface area contributed by atoms with E-state index in [1.165, 1.54) is 63.4 Å². The number of esters is 1. The monoisotopic (exact) mass is 569 g/mol. The number of ether oxygens (including phenoxy) is 1. The molecule has 5 aliphatic rings. The number of hydrogen-bond donors (Lipinski definition) is 1. The van der Waals surface area contributed by atoms with Gasteiger partial charge in [-0.25, -0.2) is 4.79 Å². The Bertz CT molecular complexity index is 1210. The lowest BCUT2D eigenvalue weighted by Crippen LogP contribution is -2.56. The van der Waals surface area contributed by atoms with Gasteiger partial charge in [0.15, 0.2) is 12.4 Å². The number of carbonyl (C=O) groups is 3. The Balaban J connectivity index is 1.07. The first-order chi connectivity index (χ1) is 20.4. The van der Waals surface area contributed by atoms with Crippen LogP contribution in [0.25, 0.3) is 0 Å². The summed E-state index contributed by atoms with van der Waals surface area (Å²) in [4.78, 5) is 40.2. The summed E-state index contributed by atoms with van der Waals surface area (Å²) in [7, 11) is 0. The van der Waals surface area contributed by atoms with Crippen molar-refractivity contribution < 1.29 is 19.1 Å². The van der Waals surface area contributed by atoms with Crippen LogP contribution >= 0.6 is 0 Å². The molecule has 5 saturated carbocycles. The third-order valence-corrected chi connectivity index (χ3v) is 11.0. The van der Waals surface area contributed by atoms with Crippen LogP contribution in [0, 0.1) is 29.1 Å². The maximum atomic E-state index is 13.8. The average molecular weight is 570 g/mol. The highest BCUT2D eigenvalue weighted by molar-refractivity contribution is 5.98. The van der Waals surface area contributed by atoms with Gasteiger partial charge in [0.2, 0.25) is 5.91 Å². The van der Waals surface area contributed by atoms with E-state index < -0.39 is 12.0 Å². The lowest BCUT2D eigenvalue weighted by Gasteiger charge is -2.55. The Morgan fingerprint density at radius 3 is 2.07 bits per heavy atom. The normalized spacial score (nSPS) is 30.5. The van der Waals surface area contributed by atoms with E-state index in [0.29, 0.717) is 35.7 Å². The summed E-state index contributed by atoms with van der Waals surface area (Å²) in [6.07, 6.45) is 14.5. The fraction of sp³-hybridized carbons (Fsp3) is 0.595. The summed E-state index contributed by atoms with van der Waals surface area (Å²) in [6, 6.07) is 16.8. The van der Waals surface area contributed by atoms with Gasteiger partial charge in [0.25, 0.3) is 0 Å². The molecule has 0 saturated heterocycles. The van der Waals surface area contributed by atoms with E-state index in [9.17, 15) is 14.4 Å². The zero-order valence-corrected chi connectivity index (χ0v) is 25.2. The van der Waals surface area contributed by atoms with Crippen molar-refractivity contribution in [1.82, 2.24) is 5.32 Å². The van der Waals surface area contributed by atoms with Crippen LogP contribution in [-0.2, 0) is 20.7 Å². The van der Waals surface area contributed by atoms with E-state index >= 15 is 0 Å². The van der Waals surface area contributed by atoms with Crippen LogP contribution in [0.4, 0.5) is 0 Å². The van der Waals surface area contributed by atoms with E-state index in [2.05, 4.69) is 24.4 Å². The Labute approximate surface area is 251 Å². The molecule has 0 aliphatic heterocycles. The minimum absolute atomic E-state index is 0.00474. The fourth-order valence-corrected chi connectivity index (χ4v) is 9.20. The van der Waals surface area contributed by atoms with E-state index in [4.69, 9.17) is 4.74 Å². The molecule has 4 bridgehead atoms. The maximum absolute atomic E-state index is 13.8. The molecule has 5 heteroatoms. The molecule has 224 valence electrons. The molecule has 42 heavy (non-hydrogen) atoms. The van der Waals surface area contributed by atoms with Crippen LogP contribution in [0.2, 0.25) is 0 Å². The summed E-state index contributed by atoms with van der Waals surface area (Å²) < 4.78 is 5.59. The van der Waals surface area contributed by atoms with Crippen molar-refractivity contribution >= 4 is 17.7 Å². The second-order valence-electron chi connectivity index (χ2n) is 14.1. The van der Waals surface area contributed by atoms with Crippen molar-refractivity contribution in [3.05, 3.63) is 71.3 Å². The Hall–Kier alpha value is -2.95. The molecule has 7 rings (SSSR count). The highest BCUT2D eigenvalue weighted by Crippen LogP contribution is 2.60. The van der Waals surface area contributed by atoms with Crippen LogP contribution in [-0.4, -0.2) is 30.3 Å². The van der Waals surface area contributed by atoms with Gasteiger partial charge in [-0.2, -0.15) is 0 Å². The Kier molecular flexibility index (Phi) is 8.83. The Morgan fingerprint density at radius 2 is 1.48 bits per heavy atom. The van der Waals surface area contributed by atoms with Crippen molar-refractivity contribution in [2.45, 2.75) is 102 Å². The van der Waals surface area contributed by atoms with Crippen molar-refractivity contribution in [2.75, 3.05) is 6.61 Å². The summed E-state index contributed by atoms with van der Waals surface area (Å²) in [5, 5.41) is 3.12. The molecule has 0 radical (unpaired) electrons. The minimum Gasteiger partial charge on any atom is -0.456 e. The number of nitrogens with one attached hydrogen (secondary N) is 1. The predicted octanol–water partition coefficient (Wildman–Crippen LogP) is 7.43. The molecule has 5 fully saturated rings. The summed E-state index contributed by atoms with van der Waals surface area (Å²) in [5.74, 6) is 2.61. The number of ketones is 1. The van der Waals surface area contributed by atoms with Crippen LogP contribution in [0.15, 0.2) is 54.6 Å². The highest BCUT2D eigenvalue weighted by atomic mass is 16.5. The lowest BCUT2D eigenvalue weighted by atomic mass is 9.49. The van der Waals surface area contributed by atoms with E-state index in [1.54, 1.807) is 0 Å². The Morgan fingerprint density at radius 1 is 0.857 bits per heavy atom. The van der Waals surface area contributed by atoms with Gasteiger partial charge in [0, 0.05) is 17.4 Å². The summed E-state index contributed by atoms with van der Waals surface area (Å²) in [5.41, 5.74) is 2.46. The van der Waals surface area contributed by atoms with Gasteiger partial charge >= 0.3 is 5.97 Å². The van der Waals surface area contributed by atoms with Crippen LogP contribution < -0.4 is 5.32 Å². The zero-order chi connectivity index (χ0) is 29.1. The fourth-order valence-electron chi connectivity index (χ4n) is 9.20. The van der Waals surface area contributed by atoms with Gasteiger partial charge in [-0.05, 0) is 105 Å². The summed E-state index contributed by atoms with van der Waals surface area (Å²) >= 11 is 0. The molecule has 2 aromatic carbocycles. The first-order valence-corrected chi connectivity index (χ1v) is 16.6. The number of carbonyl (C=O) groups excluding carboxylic acids is 3. The number of amides is 1. The first-order valence-electron chi connectivity index (χ1n) is 16.6. The topological polar surface area (TPSA) is 72.5 Å². The molecule has 1 amide bonds. The van der Waals surface area contributed by atoms with E-state index in [0.717, 1.165) is 30.7 Å². The maximum Gasteiger partial charge on any atom is 0.329 e. The minimum atomic E-state index is -0.814. The smallest absolute Gasteiger partial charge is 0.329 e. The summed E-state index contributed by atoms with van der Waals surface area (Å²) in [6.45, 7) is 1.95. The number of benzene rings is 2. The van der Waals surface area contributed by atoms with Gasteiger partial charge in [-0.1, -0.05) is 74.4 Å². The molecule has 0 unspecified atom stereocenters. The molecule has 5 aliphatic carbocycles. The molecule has 0 aromatic heterocycles. The highest BCUT2D eigenvalue weighted by Gasteiger charge is 2.55. The van der Waals surface area contributed by atoms with E-state index in [-0.39, 0.29) is 23.7 Å².